The van der Waals surface area contributed by atoms with Gasteiger partial charge in [-0.3, -0.25) is 0 Å². The van der Waals surface area contributed by atoms with Crippen LogP contribution in [0.4, 0.5) is 8.78 Å². The number of pyridine rings is 1. The van der Waals surface area contributed by atoms with Gasteiger partial charge in [-0.2, -0.15) is 0 Å². The van der Waals surface area contributed by atoms with Crippen LogP contribution in [0.3, 0.4) is 0 Å². The van der Waals surface area contributed by atoms with Crippen molar-refractivity contribution in [3.63, 3.8) is 0 Å². The van der Waals surface area contributed by atoms with E-state index in [1.165, 1.54) is 24.3 Å². The Bertz CT molecular complexity index is 1200. The van der Waals surface area contributed by atoms with E-state index >= 15 is 0 Å². The standard InChI is InChI=1S/C23H15F2NO2/c1-13-20(23(27)28)18-3-2-4-19(25)22(18)26-21(13)16-7-5-14(6-8-16)15-9-11-17(24)12-10-15/h2-12H,1H3,(H,27,28). The lowest BCUT2D eigenvalue weighted by Gasteiger charge is -2.13. The Hall–Kier alpha value is -3.60. The van der Waals surface area contributed by atoms with E-state index in [-0.39, 0.29) is 22.3 Å². The first kappa shape index (κ1) is 17.8. The molecule has 0 atom stereocenters. The molecule has 28 heavy (non-hydrogen) atoms. The summed E-state index contributed by atoms with van der Waals surface area (Å²) in [5.41, 5.74) is 3.38. The SMILES string of the molecule is Cc1c(-c2ccc(-c3ccc(F)cc3)cc2)nc2c(F)cccc2c1C(=O)O. The molecule has 0 aliphatic carbocycles. The maximum absolute atomic E-state index is 14.3. The van der Waals surface area contributed by atoms with E-state index in [0.717, 1.165) is 11.1 Å². The van der Waals surface area contributed by atoms with Gasteiger partial charge in [0.2, 0.25) is 0 Å². The number of aromatic carboxylic acids is 1. The second kappa shape index (κ2) is 6.85. The van der Waals surface area contributed by atoms with Gasteiger partial charge in [-0.25, -0.2) is 18.6 Å². The zero-order valence-corrected chi connectivity index (χ0v) is 14.9. The van der Waals surface area contributed by atoms with Gasteiger partial charge in [-0.15, -0.1) is 0 Å². The number of hydrogen-bond donors (Lipinski definition) is 1. The predicted octanol–water partition coefficient (Wildman–Crippen LogP) is 5.85. The number of rotatable bonds is 3. The van der Waals surface area contributed by atoms with Crippen LogP contribution in [0.2, 0.25) is 0 Å². The molecule has 138 valence electrons. The number of hydrogen-bond acceptors (Lipinski definition) is 2. The van der Waals surface area contributed by atoms with E-state index < -0.39 is 11.8 Å². The van der Waals surface area contributed by atoms with Crippen LogP contribution in [0, 0.1) is 18.6 Å². The summed E-state index contributed by atoms with van der Waals surface area (Å²) >= 11 is 0. The summed E-state index contributed by atoms with van der Waals surface area (Å²) < 4.78 is 27.4. The van der Waals surface area contributed by atoms with Crippen LogP contribution in [0.5, 0.6) is 0 Å². The Morgan fingerprint density at radius 3 is 2.04 bits per heavy atom. The number of nitrogens with zero attached hydrogens (tertiary/aromatic N) is 1. The number of benzene rings is 3. The number of carbonyl (C=O) groups is 1. The van der Waals surface area contributed by atoms with Crippen molar-refractivity contribution in [3.8, 4) is 22.4 Å². The number of para-hydroxylation sites is 1. The van der Waals surface area contributed by atoms with Gasteiger partial charge in [0.1, 0.15) is 17.2 Å². The van der Waals surface area contributed by atoms with Gasteiger partial charge >= 0.3 is 5.97 Å². The molecule has 3 nitrogen and oxygen atoms in total. The molecule has 3 aromatic carbocycles. The average Bonchev–Trinajstić information content (AvgIpc) is 2.68. The number of fused-ring (bicyclic) bond motifs is 1. The average molecular weight is 375 g/mol. The minimum atomic E-state index is -1.13. The zero-order valence-electron chi connectivity index (χ0n) is 14.9. The van der Waals surface area contributed by atoms with Crippen LogP contribution in [0.25, 0.3) is 33.3 Å². The molecule has 0 radical (unpaired) electrons. The van der Waals surface area contributed by atoms with Crippen molar-refractivity contribution < 1.29 is 18.7 Å². The van der Waals surface area contributed by atoms with Gasteiger partial charge in [0.05, 0.1) is 11.3 Å². The van der Waals surface area contributed by atoms with E-state index in [4.69, 9.17) is 0 Å². The van der Waals surface area contributed by atoms with Crippen LogP contribution in [-0.2, 0) is 0 Å². The van der Waals surface area contributed by atoms with E-state index in [9.17, 15) is 18.7 Å². The number of carboxylic acids is 1. The van der Waals surface area contributed by atoms with Gasteiger partial charge in [0.15, 0.2) is 0 Å². The van der Waals surface area contributed by atoms with Crippen molar-refractivity contribution in [2.45, 2.75) is 6.92 Å². The Balaban J connectivity index is 1.87. The highest BCUT2D eigenvalue weighted by Crippen LogP contribution is 2.32. The van der Waals surface area contributed by atoms with Crippen molar-refractivity contribution in [2.75, 3.05) is 0 Å². The van der Waals surface area contributed by atoms with Crippen molar-refractivity contribution >= 4 is 16.9 Å². The fourth-order valence-electron chi connectivity index (χ4n) is 3.37. The maximum Gasteiger partial charge on any atom is 0.336 e. The van der Waals surface area contributed by atoms with Crippen LogP contribution in [-0.4, -0.2) is 16.1 Å². The summed E-state index contributed by atoms with van der Waals surface area (Å²) in [6.07, 6.45) is 0. The normalized spacial score (nSPS) is 11.0. The lowest BCUT2D eigenvalue weighted by molar-refractivity contribution is 0.0698. The minimum Gasteiger partial charge on any atom is -0.478 e. The fraction of sp³-hybridized carbons (Fsp3) is 0.0435. The molecule has 1 heterocycles. The topological polar surface area (TPSA) is 50.2 Å². The molecule has 1 N–H and O–H groups in total. The van der Waals surface area contributed by atoms with E-state index in [1.807, 2.05) is 12.1 Å². The van der Waals surface area contributed by atoms with Gasteiger partial charge < -0.3 is 5.11 Å². The second-order valence-corrected chi connectivity index (χ2v) is 6.49. The number of aromatic nitrogens is 1. The summed E-state index contributed by atoms with van der Waals surface area (Å²) in [6, 6.07) is 17.7. The summed E-state index contributed by atoms with van der Waals surface area (Å²) in [6.45, 7) is 1.67. The molecular formula is C23H15F2NO2. The molecule has 4 aromatic rings. The van der Waals surface area contributed by atoms with Gasteiger partial charge in [-0.1, -0.05) is 48.5 Å². The lowest BCUT2D eigenvalue weighted by Crippen LogP contribution is -2.05. The van der Waals surface area contributed by atoms with Crippen molar-refractivity contribution in [2.24, 2.45) is 0 Å². The molecule has 5 heteroatoms. The van der Waals surface area contributed by atoms with Crippen LogP contribution in [0.1, 0.15) is 15.9 Å². The monoisotopic (exact) mass is 375 g/mol. The van der Waals surface area contributed by atoms with E-state index in [0.29, 0.717) is 16.8 Å². The highest BCUT2D eigenvalue weighted by atomic mass is 19.1. The van der Waals surface area contributed by atoms with Gasteiger partial charge in [-0.05, 0) is 41.8 Å². The Labute approximate surface area is 159 Å². The molecule has 0 fully saturated rings. The molecule has 0 saturated carbocycles. The molecule has 0 spiro atoms. The third-order valence-electron chi connectivity index (χ3n) is 4.76. The quantitative estimate of drug-likeness (QED) is 0.488. The largest absolute Gasteiger partial charge is 0.478 e. The number of halogens is 2. The molecule has 0 bridgehead atoms. The van der Waals surface area contributed by atoms with Gasteiger partial charge in [0, 0.05) is 10.9 Å². The zero-order chi connectivity index (χ0) is 19.8. The third-order valence-corrected chi connectivity index (χ3v) is 4.76. The van der Waals surface area contributed by atoms with Crippen molar-refractivity contribution in [3.05, 3.63) is 89.5 Å². The predicted molar refractivity (Wildman–Crippen MR) is 104 cm³/mol. The molecule has 0 aliphatic rings. The summed E-state index contributed by atoms with van der Waals surface area (Å²) in [5, 5.41) is 9.93. The highest BCUT2D eigenvalue weighted by Gasteiger charge is 2.19. The first-order valence-electron chi connectivity index (χ1n) is 8.64. The molecule has 0 saturated heterocycles. The second-order valence-electron chi connectivity index (χ2n) is 6.49. The van der Waals surface area contributed by atoms with Crippen LogP contribution in [0.15, 0.2) is 66.7 Å². The van der Waals surface area contributed by atoms with Crippen molar-refractivity contribution in [1.29, 1.82) is 0 Å². The maximum atomic E-state index is 14.3. The number of carboxylic acid groups (broad SMARTS) is 1. The first-order chi connectivity index (χ1) is 13.5. The first-order valence-corrected chi connectivity index (χ1v) is 8.64. The summed E-state index contributed by atoms with van der Waals surface area (Å²) in [7, 11) is 0. The molecule has 0 aliphatic heterocycles. The Kier molecular flexibility index (Phi) is 4.35. The van der Waals surface area contributed by atoms with E-state index in [1.54, 1.807) is 37.3 Å². The van der Waals surface area contributed by atoms with Gasteiger partial charge in [0.25, 0.3) is 0 Å². The smallest absolute Gasteiger partial charge is 0.336 e. The molecule has 0 unspecified atom stereocenters. The Morgan fingerprint density at radius 2 is 1.43 bits per heavy atom. The Morgan fingerprint density at radius 1 is 0.857 bits per heavy atom. The van der Waals surface area contributed by atoms with Crippen molar-refractivity contribution in [1.82, 2.24) is 4.98 Å². The molecule has 0 amide bonds. The minimum absolute atomic E-state index is 0.0307. The third kappa shape index (κ3) is 3.01. The van der Waals surface area contributed by atoms with Crippen LogP contribution < -0.4 is 0 Å². The van der Waals surface area contributed by atoms with E-state index in [2.05, 4.69) is 4.98 Å². The molecule has 1 aromatic heterocycles. The summed E-state index contributed by atoms with van der Waals surface area (Å²) in [4.78, 5) is 16.2. The summed E-state index contributed by atoms with van der Waals surface area (Å²) in [5.74, 6) is -2.00. The fourth-order valence-corrected chi connectivity index (χ4v) is 3.37. The molecular weight excluding hydrogens is 360 g/mol. The van der Waals surface area contributed by atoms with Crippen LogP contribution >= 0.6 is 0 Å². The molecule has 4 rings (SSSR count). The lowest BCUT2D eigenvalue weighted by atomic mass is 9.96. The highest BCUT2D eigenvalue weighted by molar-refractivity contribution is 6.05.